The van der Waals surface area contributed by atoms with Crippen LogP contribution in [0.2, 0.25) is 5.02 Å². The van der Waals surface area contributed by atoms with Crippen LogP contribution in [0.15, 0.2) is 41.7 Å². The summed E-state index contributed by atoms with van der Waals surface area (Å²) in [4.78, 5) is 8.97. The van der Waals surface area contributed by atoms with E-state index in [4.69, 9.17) is 16.3 Å². The van der Waals surface area contributed by atoms with Crippen molar-refractivity contribution < 1.29 is 4.74 Å². The Labute approximate surface area is 148 Å². The van der Waals surface area contributed by atoms with E-state index >= 15 is 0 Å². The van der Waals surface area contributed by atoms with E-state index in [9.17, 15) is 0 Å². The molecule has 0 spiro atoms. The van der Waals surface area contributed by atoms with Crippen LogP contribution in [-0.4, -0.2) is 39.2 Å². The molecule has 1 aliphatic heterocycles. The average molecular weight is 359 g/mol. The van der Waals surface area contributed by atoms with Crippen molar-refractivity contribution in [3.63, 3.8) is 0 Å². The number of nitrogens with zero attached hydrogens (tertiary/aromatic N) is 4. The highest BCUT2D eigenvalue weighted by Gasteiger charge is 2.20. The van der Waals surface area contributed by atoms with Gasteiger partial charge in [-0.1, -0.05) is 11.6 Å². The molecule has 1 aliphatic rings. The molecule has 5 nitrogen and oxygen atoms in total. The average Bonchev–Trinajstić information content (AvgIpc) is 3.24. The van der Waals surface area contributed by atoms with Crippen LogP contribution in [0.3, 0.4) is 0 Å². The maximum atomic E-state index is 6.09. The molecule has 3 aromatic rings. The molecule has 1 aromatic carbocycles. The molecule has 0 radical (unpaired) electrons. The molecule has 4 rings (SSSR count). The second-order valence-corrected chi connectivity index (χ2v) is 6.90. The van der Waals surface area contributed by atoms with Gasteiger partial charge in [0.2, 0.25) is 0 Å². The summed E-state index contributed by atoms with van der Waals surface area (Å²) in [6.45, 7) is 1.32. The highest BCUT2D eigenvalue weighted by atomic mass is 35.5. The molecule has 0 N–H and O–H groups in total. The normalized spacial score (nSPS) is 14.3. The number of hydrogen-bond donors (Lipinski definition) is 0. The summed E-state index contributed by atoms with van der Waals surface area (Å²) in [7, 11) is 1.69. The van der Waals surface area contributed by atoms with Gasteiger partial charge in [-0.2, -0.15) is 5.10 Å². The first kappa shape index (κ1) is 15.6. The van der Waals surface area contributed by atoms with E-state index in [-0.39, 0.29) is 0 Å². The summed E-state index contributed by atoms with van der Waals surface area (Å²) in [5, 5.41) is 7.30. The van der Waals surface area contributed by atoms with E-state index in [1.165, 1.54) is 0 Å². The Bertz CT molecular complexity index is 937. The molecule has 3 heterocycles. The van der Waals surface area contributed by atoms with Gasteiger partial charge in [-0.15, -0.1) is 11.8 Å². The molecule has 0 bridgehead atoms. The highest BCUT2D eigenvalue weighted by Crippen LogP contribution is 2.28. The van der Waals surface area contributed by atoms with Crippen molar-refractivity contribution >= 4 is 39.3 Å². The SMILES string of the molecule is COCc1c(C2=NCCS2)cnn1-c1ccnc2cc(Cl)ccc12. The lowest BCUT2D eigenvalue weighted by atomic mass is 10.2. The molecule has 7 heteroatoms. The molecule has 24 heavy (non-hydrogen) atoms. The van der Waals surface area contributed by atoms with Gasteiger partial charge in [-0.25, -0.2) is 4.68 Å². The third-order valence-electron chi connectivity index (χ3n) is 3.88. The zero-order chi connectivity index (χ0) is 16.5. The first-order valence-electron chi connectivity index (χ1n) is 7.56. The second kappa shape index (κ2) is 6.55. The Morgan fingerprint density at radius 3 is 3.04 bits per heavy atom. The Kier molecular flexibility index (Phi) is 4.26. The molecule has 0 saturated carbocycles. The van der Waals surface area contributed by atoms with Crippen molar-refractivity contribution in [1.82, 2.24) is 14.8 Å². The van der Waals surface area contributed by atoms with E-state index in [1.54, 1.807) is 25.1 Å². The summed E-state index contributed by atoms with van der Waals surface area (Å²) in [6, 6.07) is 7.65. The number of thioether (sulfide) groups is 1. The third-order valence-corrected chi connectivity index (χ3v) is 5.12. The molecule has 0 amide bonds. The zero-order valence-electron chi connectivity index (χ0n) is 13.1. The minimum absolute atomic E-state index is 0.465. The topological polar surface area (TPSA) is 52.3 Å². The van der Waals surface area contributed by atoms with Crippen LogP contribution < -0.4 is 0 Å². The maximum Gasteiger partial charge on any atom is 0.101 e. The summed E-state index contributed by atoms with van der Waals surface area (Å²) in [5.74, 6) is 1.02. The number of methoxy groups -OCH3 is 1. The van der Waals surface area contributed by atoms with Crippen molar-refractivity contribution in [2.45, 2.75) is 6.61 Å². The quantitative estimate of drug-likeness (QED) is 0.713. The molecular weight excluding hydrogens is 344 g/mol. The number of aromatic nitrogens is 3. The van der Waals surface area contributed by atoms with Gasteiger partial charge in [0.05, 0.1) is 35.3 Å². The number of hydrogen-bond acceptors (Lipinski definition) is 5. The second-order valence-electron chi connectivity index (χ2n) is 5.38. The number of fused-ring (bicyclic) bond motifs is 1. The van der Waals surface area contributed by atoms with Gasteiger partial charge in [0.25, 0.3) is 0 Å². The molecule has 122 valence electrons. The van der Waals surface area contributed by atoms with Crippen LogP contribution in [-0.2, 0) is 11.3 Å². The Morgan fingerprint density at radius 2 is 2.25 bits per heavy atom. The van der Waals surface area contributed by atoms with Gasteiger partial charge in [0.1, 0.15) is 5.04 Å². The number of rotatable bonds is 4. The van der Waals surface area contributed by atoms with Crippen LogP contribution in [0.25, 0.3) is 16.6 Å². The van der Waals surface area contributed by atoms with Crippen molar-refractivity contribution in [2.24, 2.45) is 4.99 Å². The van der Waals surface area contributed by atoms with Gasteiger partial charge in [0, 0.05) is 36.0 Å². The minimum atomic E-state index is 0.465. The predicted molar refractivity (Wildman–Crippen MR) is 98.5 cm³/mol. The Morgan fingerprint density at radius 1 is 1.33 bits per heavy atom. The van der Waals surface area contributed by atoms with Gasteiger partial charge < -0.3 is 4.74 Å². The lowest BCUT2D eigenvalue weighted by Gasteiger charge is -2.11. The van der Waals surface area contributed by atoms with Gasteiger partial charge in [0.15, 0.2) is 0 Å². The monoisotopic (exact) mass is 358 g/mol. The molecule has 0 fully saturated rings. The first-order valence-corrected chi connectivity index (χ1v) is 8.92. The van der Waals surface area contributed by atoms with E-state index in [0.29, 0.717) is 11.6 Å². The van der Waals surface area contributed by atoms with E-state index in [1.807, 2.05) is 35.1 Å². The molecule has 0 aliphatic carbocycles. The van der Waals surface area contributed by atoms with E-state index in [2.05, 4.69) is 15.1 Å². The zero-order valence-corrected chi connectivity index (χ0v) is 14.6. The summed E-state index contributed by atoms with van der Waals surface area (Å²) in [5.41, 5.74) is 3.83. The van der Waals surface area contributed by atoms with Crippen LogP contribution in [0.5, 0.6) is 0 Å². The van der Waals surface area contributed by atoms with Gasteiger partial charge >= 0.3 is 0 Å². The smallest absolute Gasteiger partial charge is 0.101 e. The molecule has 0 atom stereocenters. The van der Waals surface area contributed by atoms with Crippen molar-refractivity contribution in [1.29, 1.82) is 0 Å². The van der Waals surface area contributed by atoms with Gasteiger partial charge in [-0.3, -0.25) is 9.98 Å². The number of ether oxygens (including phenoxy) is 1. The largest absolute Gasteiger partial charge is 0.378 e. The van der Waals surface area contributed by atoms with Crippen molar-refractivity contribution in [3.8, 4) is 5.69 Å². The Balaban J connectivity index is 1.90. The Hall–Kier alpha value is -1.89. The molecule has 0 saturated heterocycles. The summed E-state index contributed by atoms with van der Waals surface area (Å²) in [6.07, 6.45) is 3.64. The minimum Gasteiger partial charge on any atom is -0.378 e. The van der Waals surface area contributed by atoms with Crippen LogP contribution in [0, 0.1) is 0 Å². The standard InChI is InChI=1S/C17H15ClN4OS/c1-23-10-16-13(17-20-6-7-24-17)9-21-22(16)15-4-5-19-14-8-11(18)2-3-12(14)15/h2-5,8-9H,6-7,10H2,1H3. The first-order chi connectivity index (χ1) is 11.8. The number of pyridine rings is 1. The highest BCUT2D eigenvalue weighted by molar-refractivity contribution is 8.14. The van der Waals surface area contributed by atoms with Crippen molar-refractivity contribution in [3.05, 3.63) is 52.9 Å². The lowest BCUT2D eigenvalue weighted by molar-refractivity contribution is 0.179. The fourth-order valence-electron chi connectivity index (χ4n) is 2.82. The van der Waals surface area contributed by atoms with Gasteiger partial charge in [-0.05, 0) is 24.3 Å². The van der Waals surface area contributed by atoms with Crippen molar-refractivity contribution in [2.75, 3.05) is 19.4 Å². The molecular formula is C17H15ClN4OS. The summed E-state index contributed by atoms with van der Waals surface area (Å²) < 4.78 is 7.33. The molecule has 0 unspecified atom stereocenters. The molecule has 2 aromatic heterocycles. The fourth-order valence-corrected chi connectivity index (χ4v) is 3.88. The van der Waals surface area contributed by atoms with Crippen LogP contribution in [0.4, 0.5) is 0 Å². The van der Waals surface area contributed by atoms with Crippen LogP contribution >= 0.6 is 23.4 Å². The van der Waals surface area contributed by atoms with E-state index < -0.39 is 0 Å². The number of halogens is 1. The predicted octanol–water partition coefficient (Wildman–Crippen LogP) is 3.71. The number of aliphatic imine (C=N–C) groups is 1. The lowest BCUT2D eigenvalue weighted by Crippen LogP contribution is -2.07. The number of benzene rings is 1. The third kappa shape index (κ3) is 2.70. The van der Waals surface area contributed by atoms with Crippen LogP contribution in [0.1, 0.15) is 11.3 Å². The summed E-state index contributed by atoms with van der Waals surface area (Å²) >= 11 is 7.85. The maximum absolute atomic E-state index is 6.09. The fraction of sp³-hybridized carbons (Fsp3) is 0.235. The van der Waals surface area contributed by atoms with E-state index in [0.717, 1.165) is 45.2 Å².